The maximum absolute atomic E-state index is 12.1. The summed E-state index contributed by atoms with van der Waals surface area (Å²) < 4.78 is 11.1. The Balaban J connectivity index is 1.68. The zero-order valence-electron chi connectivity index (χ0n) is 10.7. The number of carbonyl (C=O) groups is 1. The molecule has 20 heavy (non-hydrogen) atoms. The fourth-order valence-electron chi connectivity index (χ4n) is 1.94. The molecule has 3 N–H and O–H groups in total. The molecule has 102 valence electrons. The molecule has 1 aliphatic heterocycles. The van der Waals surface area contributed by atoms with Crippen LogP contribution in [0.5, 0.6) is 11.5 Å². The Morgan fingerprint density at radius 2 is 1.80 bits per heavy atom. The number of benzene rings is 2. The van der Waals surface area contributed by atoms with Crippen LogP contribution in [-0.2, 0) is 4.79 Å². The second kappa shape index (κ2) is 5.13. The molecule has 0 aliphatic carbocycles. The summed E-state index contributed by atoms with van der Waals surface area (Å²) in [5, 5.41) is 2.77. The van der Waals surface area contributed by atoms with E-state index < -0.39 is 6.10 Å². The molecule has 2 aromatic rings. The van der Waals surface area contributed by atoms with Crippen LogP contribution in [0.3, 0.4) is 0 Å². The molecule has 0 fully saturated rings. The van der Waals surface area contributed by atoms with E-state index in [0.717, 1.165) is 0 Å². The van der Waals surface area contributed by atoms with E-state index in [0.29, 0.717) is 22.9 Å². The summed E-state index contributed by atoms with van der Waals surface area (Å²) in [5.74, 6) is 0.990. The normalized spacial score (nSPS) is 16.5. The third-order valence-corrected chi connectivity index (χ3v) is 2.98. The first-order valence-electron chi connectivity index (χ1n) is 6.27. The number of amides is 1. The highest BCUT2D eigenvalue weighted by Crippen LogP contribution is 2.31. The summed E-state index contributed by atoms with van der Waals surface area (Å²) in [6.07, 6.45) is -0.664. The minimum Gasteiger partial charge on any atom is -0.485 e. The van der Waals surface area contributed by atoms with Crippen LogP contribution < -0.4 is 20.5 Å². The van der Waals surface area contributed by atoms with Crippen molar-refractivity contribution in [1.82, 2.24) is 0 Å². The van der Waals surface area contributed by atoms with Crippen molar-refractivity contribution < 1.29 is 14.3 Å². The second-order valence-electron chi connectivity index (χ2n) is 4.48. The molecule has 1 unspecified atom stereocenters. The summed E-state index contributed by atoms with van der Waals surface area (Å²) >= 11 is 0. The van der Waals surface area contributed by atoms with E-state index in [-0.39, 0.29) is 12.5 Å². The number of nitrogens with one attached hydrogen (secondary N) is 1. The van der Waals surface area contributed by atoms with Gasteiger partial charge in [-0.2, -0.15) is 0 Å². The topological polar surface area (TPSA) is 73.6 Å². The van der Waals surface area contributed by atoms with Crippen molar-refractivity contribution in [2.24, 2.45) is 0 Å². The Morgan fingerprint density at radius 1 is 1.10 bits per heavy atom. The number of hydrogen-bond donors (Lipinski definition) is 2. The number of anilines is 2. The van der Waals surface area contributed by atoms with Crippen LogP contribution in [0.25, 0.3) is 0 Å². The molecule has 1 heterocycles. The van der Waals surface area contributed by atoms with Crippen molar-refractivity contribution in [3.8, 4) is 11.5 Å². The van der Waals surface area contributed by atoms with Crippen molar-refractivity contribution in [1.29, 1.82) is 0 Å². The van der Waals surface area contributed by atoms with Gasteiger partial charge in [0.25, 0.3) is 5.91 Å². The third kappa shape index (κ3) is 2.51. The van der Waals surface area contributed by atoms with Gasteiger partial charge < -0.3 is 20.5 Å². The number of nitrogen functional groups attached to an aromatic ring is 1. The molecule has 0 saturated carbocycles. The van der Waals surface area contributed by atoms with Crippen LogP contribution >= 0.6 is 0 Å². The van der Waals surface area contributed by atoms with Gasteiger partial charge in [0.2, 0.25) is 6.10 Å². The predicted octanol–water partition coefficient (Wildman–Crippen LogP) is 2.05. The first kappa shape index (κ1) is 12.3. The van der Waals surface area contributed by atoms with E-state index in [2.05, 4.69) is 5.32 Å². The highest BCUT2D eigenvalue weighted by Gasteiger charge is 2.27. The van der Waals surface area contributed by atoms with Crippen molar-refractivity contribution in [2.45, 2.75) is 6.10 Å². The molecule has 2 aromatic carbocycles. The standard InChI is InChI=1S/C15H14N2O3/c16-10-5-7-11(8-6-10)17-15(18)14-9-19-12-3-1-2-4-13(12)20-14/h1-8,14H,9,16H2,(H,17,18). The smallest absolute Gasteiger partial charge is 0.269 e. The van der Waals surface area contributed by atoms with Crippen LogP contribution in [0.2, 0.25) is 0 Å². The molecule has 0 radical (unpaired) electrons. The molecule has 0 spiro atoms. The van der Waals surface area contributed by atoms with Gasteiger partial charge in [0.1, 0.15) is 6.61 Å². The van der Waals surface area contributed by atoms with Gasteiger partial charge in [0.15, 0.2) is 11.5 Å². The monoisotopic (exact) mass is 270 g/mol. The maximum atomic E-state index is 12.1. The number of fused-ring (bicyclic) bond motifs is 1. The van der Waals surface area contributed by atoms with E-state index in [1.165, 1.54) is 0 Å². The Bertz CT molecular complexity index is 625. The van der Waals surface area contributed by atoms with E-state index in [1.54, 1.807) is 30.3 Å². The summed E-state index contributed by atoms with van der Waals surface area (Å²) in [6, 6.07) is 14.2. The summed E-state index contributed by atoms with van der Waals surface area (Å²) in [6.45, 7) is 0.192. The first-order valence-corrected chi connectivity index (χ1v) is 6.27. The zero-order valence-corrected chi connectivity index (χ0v) is 10.7. The number of carbonyl (C=O) groups excluding carboxylic acids is 1. The maximum Gasteiger partial charge on any atom is 0.269 e. The zero-order chi connectivity index (χ0) is 13.9. The minimum absolute atomic E-state index is 0.192. The van der Waals surface area contributed by atoms with Gasteiger partial charge in [0, 0.05) is 11.4 Å². The minimum atomic E-state index is -0.664. The molecule has 1 atom stereocenters. The van der Waals surface area contributed by atoms with Crippen LogP contribution in [0, 0.1) is 0 Å². The molecular weight excluding hydrogens is 256 g/mol. The van der Waals surface area contributed by atoms with Gasteiger partial charge in [0.05, 0.1) is 0 Å². The van der Waals surface area contributed by atoms with E-state index in [4.69, 9.17) is 15.2 Å². The molecule has 5 nitrogen and oxygen atoms in total. The molecule has 0 aromatic heterocycles. The summed E-state index contributed by atoms with van der Waals surface area (Å²) in [5.41, 5.74) is 6.92. The number of nitrogens with two attached hydrogens (primary N) is 1. The highest BCUT2D eigenvalue weighted by molar-refractivity contribution is 5.94. The van der Waals surface area contributed by atoms with E-state index in [1.807, 2.05) is 18.2 Å². The van der Waals surface area contributed by atoms with Gasteiger partial charge in [-0.15, -0.1) is 0 Å². The number of ether oxygens (including phenoxy) is 2. The van der Waals surface area contributed by atoms with Gasteiger partial charge in [-0.05, 0) is 36.4 Å². The predicted molar refractivity (Wildman–Crippen MR) is 75.8 cm³/mol. The molecular formula is C15H14N2O3. The van der Waals surface area contributed by atoms with Crippen LogP contribution in [0.4, 0.5) is 11.4 Å². The third-order valence-electron chi connectivity index (χ3n) is 2.98. The lowest BCUT2D eigenvalue weighted by Gasteiger charge is -2.25. The molecule has 0 saturated heterocycles. The van der Waals surface area contributed by atoms with Crippen molar-refractivity contribution in [3.63, 3.8) is 0 Å². The molecule has 0 bridgehead atoms. The van der Waals surface area contributed by atoms with Crippen LogP contribution in [0.1, 0.15) is 0 Å². The quantitative estimate of drug-likeness (QED) is 0.819. The van der Waals surface area contributed by atoms with E-state index >= 15 is 0 Å². The first-order chi connectivity index (χ1) is 9.72. The lowest BCUT2D eigenvalue weighted by Crippen LogP contribution is -2.40. The van der Waals surface area contributed by atoms with Crippen molar-refractivity contribution in [2.75, 3.05) is 17.7 Å². The Hall–Kier alpha value is -2.69. The number of para-hydroxylation sites is 2. The largest absolute Gasteiger partial charge is 0.485 e. The molecule has 1 amide bonds. The summed E-state index contributed by atoms with van der Waals surface area (Å²) in [7, 11) is 0. The molecule has 1 aliphatic rings. The summed E-state index contributed by atoms with van der Waals surface area (Å²) in [4.78, 5) is 12.1. The Kier molecular flexibility index (Phi) is 3.16. The Morgan fingerprint density at radius 3 is 2.55 bits per heavy atom. The van der Waals surface area contributed by atoms with Crippen LogP contribution in [0.15, 0.2) is 48.5 Å². The number of hydrogen-bond acceptors (Lipinski definition) is 4. The second-order valence-corrected chi connectivity index (χ2v) is 4.48. The van der Waals surface area contributed by atoms with Gasteiger partial charge >= 0.3 is 0 Å². The molecule has 3 rings (SSSR count). The van der Waals surface area contributed by atoms with Crippen molar-refractivity contribution in [3.05, 3.63) is 48.5 Å². The Labute approximate surface area is 116 Å². The average molecular weight is 270 g/mol. The van der Waals surface area contributed by atoms with Gasteiger partial charge in [-0.1, -0.05) is 12.1 Å². The van der Waals surface area contributed by atoms with Gasteiger partial charge in [-0.3, -0.25) is 4.79 Å². The fourth-order valence-corrected chi connectivity index (χ4v) is 1.94. The highest BCUT2D eigenvalue weighted by atomic mass is 16.6. The average Bonchev–Trinajstić information content (AvgIpc) is 2.49. The van der Waals surface area contributed by atoms with E-state index in [9.17, 15) is 4.79 Å². The van der Waals surface area contributed by atoms with Gasteiger partial charge in [-0.25, -0.2) is 0 Å². The molecule has 5 heteroatoms. The SMILES string of the molecule is Nc1ccc(NC(=O)C2COc3ccccc3O2)cc1. The van der Waals surface area contributed by atoms with Crippen LogP contribution in [-0.4, -0.2) is 18.6 Å². The lowest BCUT2D eigenvalue weighted by atomic mass is 10.2. The fraction of sp³-hybridized carbons (Fsp3) is 0.133. The van der Waals surface area contributed by atoms with Crippen molar-refractivity contribution >= 4 is 17.3 Å². The lowest BCUT2D eigenvalue weighted by molar-refractivity contribution is -0.125. The number of rotatable bonds is 2.